The van der Waals surface area contributed by atoms with Crippen LogP contribution in [0.25, 0.3) is 0 Å². The molecule has 3 atom stereocenters. The van der Waals surface area contributed by atoms with Gasteiger partial charge in [0, 0.05) is 25.0 Å². The Morgan fingerprint density at radius 3 is 2.54 bits per heavy atom. The first kappa shape index (κ1) is 19.7. The van der Waals surface area contributed by atoms with Gasteiger partial charge in [0.25, 0.3) is 0 Å². The molecule has 2 rings (SSSR count). The molecule has 1 unspecified atom stereocenters. The van der Waals surface area contributed by atoms with Crippen molar-refractivity contribution >= 4 is 11.8 Å². The molecule has 1 aromatic carbocycles. The predicted molar refractivity (Wildman–Crippen MR) is 90.2 cm³/mol. The number of esters is 1. The molecule has 1 aliphatic rings. The summed E-state index contributed by atoms with van der Waals surface area (Å²) < 4.78 is 10.6. The molecule has 4 N–H and O–H groups in total. The molecule has 0 spiro atoms. The Morgan fingerprint density at radius 1 is 1.15 bits per heavy atom. The zero-order valence-corrected chi connectivity index (χ0v) is 14.5. The maximum atomic E-state index is 12.4. The highest BCUT2D eigenvalue weighted by Crippen LogP contribution is 2.34. The molecule has 0 aliphatic carbocycles. The molecule has 0 saturated carbocycles. The number of phenols is 2. The van der Waals surface area contributed by atoms with Crippen LogP contribution in [0.2, 0.25) is 0 Å². The standard InChI is InChI=1S/C18H22O8/c1-9-5-10(2)26-18(24)16-13(21)7-11(19)8-15(16)25-4-3-12(20)17(23)14(22)6-9/h6-8,10,12,17,19-21,23H,3-5H2,1-2H3/b9-6-/t10?,12-,17-/m0/s1. The Bertz CT molecular complexity index is 724. The van der Waals surface area contributed by atoms with Crippen molar-refractivity contribution in [2.75, 3.05) is 6.61 Å². The maximum absolute atomic E-state index is 12.4. The van der Waals surface area contributed by atoms with E-state index >= 15 is 0 Å². The molecule has 1 heterocycles. The fraction of sp³-hybridized carbons (Fsp3) is 0.444. The minimum Gasteiger partial charge on any atom is -0.508 e. The topological polar surface area (TPSA) is 134 Å². The van der Waals surface area contributed by atoms with Crippen LogP contribution in [0, 0.1) is 0 Å². The second-order valence-corrected chi connectivity index (χ2v) is 6.30. The third kappa shape index (κ3) is 4.74. The van der Waals surface area contributed by atoms with Crippen LogP contribution < -0.4 is 4.74 Å². The van der Waals surface area contributed by atoms with Crippen molar-refractivity contribution in [3.8, 4) is 17.2 Å². The average Bonchev–Trinajstić information content (AvgIpc) is 2.51. The molecule has 8 heteroatoms. The van der Waals surface area contributed by atoms with E-state index in [-0.39, 0.29) is 36.5 Å². The quantitative estimate of drug-likeness (QED) is 0.501. The number of aromatic hydroxyl groups is 2. The number of cyclic esters (lactones) is 1. The van der Waals surface area contributed by atoms with Gasteiger partial charge in [0.2, 0.25) is 0 Å². The number of ketones is 1. The first-order valence-corrected chi connectivity index (χ1v) is 8.16. The number of hydrogen-bond donors (Lipinski definition) is 4. The van der Waals surface area contributed by atoms with E-state index in [1.54, 1.807) is 13.8 Å². The molecule has 142 valence electrons. The number of carbonyl (C=O) groups is 2. The van der Waals surface area contributed by atoms with E-state index < -0.39 is 35.8 Å². The lowest BCUT2D eigenvalue weighted by Gasteiger charge is -2.20. The van der Waals surface area contributed by atoms with Crippen molar-refractivity contribution in [2.24, 2.45) is 0 Å². The summed E-state index contributed by atoms with van der Waals surface area (Å²) in [4.78, 5) is 24.3. The van der Waals surface area contributed by atoms with E-state index in [0.717, 1.165) is 12.1 Å². The largest absolute Gasteiger partial charge is 0.508 e. The van der Waals surface area contributed by atoms with E-state index in [9.17, 15) is 30.0 Å². The summed E-state index contributed by atoms with van der Waals surface area (Å²) in [6, 6.07) is 2.12. The fourth-order valence-electron chi connectivity index (χ4n) is 2.67. The number of carbonyl (C=O) groups excluding carboxylic acids is 2. The zero-order chi connectivity index (χ0) is 19.4. The molecule has 0 aromatic heterocycles. The molecule has 0 fully saturated rings. The number of fused-ring (bicyclic) bond motifs is 1. The Hall–Kier alpha value is -2.58. The van der Waals surface area contributed by atoms with Crippen LogP contribution in [0.1, 0.15) is 37.0 Å². The van der Waals surface area contributed by atoms with Crippen molar-refractivity contribution in [3.63, 3.8) is 0 Å². The summed E-state index contributed by atoms with van der Waals surface area (Å²) in [6.45, 7) is 3.07. The summed E-state index contributed by atoms with van der Waals surface area (Å²) in [5.74, 6) is -2.45. The van der Waals surface area contributed by atoms with Crippen molar-refractivity contribution in [2.45, 2.75) is 45.0 Å². The summed E-state index contributed by atoms with van der Waals surface area (Å²) >= 11 is 0. The third-order valence-corrected chi connectivity index (χ3v) is 3.90. The summed E-state index contributed by atoms with van der Waals surface area (Å²) in [5, 5.41) is 39.4. The molecular formula is C18H22O8. The highest BCUT2D eigenvalue weighted by Gasteiger charge is 2.26. The molecule has 8 nitrogen and oxygen atoms in total. The van der Waals surface area contributed by atoms with Gasteiger partial charge in [-0.1, -0.05) is 5.57 Å². The van der Waals surface area contributed by atoms with Crippen LogP contribution in [0.4, 0.5) is 0 Å². The molecule has 1 aromatic rings. The van der Waals surface area contributed by atoms with Crippen LogP contribution in [0.3, 0.4) is 0 Å². The third-order valence-electron chi connectivity index (χ3n) is 3.90. The Morgan fingerprint density at radius 2 is 1.85 bits per heavy atom. The van der Waals surface area contributed by atoms with Crippen LogP contribution >= 0.6 is 0 Å². The highest BCUT2D eigenvalue weighted by molar-refractivity contribution is 5.96. The number of phenolic OH excluding ortho intramolecular Hbond substituents is 2. The van der Waals surface area contributed by atoms with Crippen LogP contribution in [0.5, 0.6) is 17.2 Å². The fourth-order valence-corrected chi connectivity index (χ4v) is 2.67. The van der Waals surface area contributed by atoms with Gasteiger partial charge < -0.3 is 29.9 Å². The molecule has 1 aliphatic heterocycles. The van der Waals surface area contributed by atoms with Crippen molar-refractivity contribution in [1.29, 1.82) is 0 Å². The number of rotatable bonds is 0. The van der Waals surface area contributed by atoms with Gasteiger partial charge in [-0.05, 0) is 19.9 Å². The van der Waals surface area contributed by atoms with Crippen molar-refractivity contribution in [3.05, 3.63) is 29.3 Å². The number of hydrogen-bond acceptors (Lipinski definition) is 8. The predicted octanol–water partition coefficient (Wildman–Crippen LogP) is 1.05. The minimum absolute atomic E-state index is 0.110. The second kappa shape index (κ2) is 8.20. The van der Waals surface area contributed by atoms with E-state index in [4.69, 9.17) is 9.47 Å². The van der Waals surface area contributed by atoms with Gasteiger partial charge in [-0.3, -0.25) is 4.79 Å². The first-order chi connectivity index (χ1) is 12.2. The number of benzene rings is 1. The smallest absolute Gasteiger partial charge is 0.346 e. The maximum Gasteiger partial charge on any atom is 0.346 e. The van der Waals surface area contributed by atoms with Crippen molar-refractivity contribution < 1.29 is 39.5 Å². The van der Waals surface area contributed by atoms with Crippen LogP contribution in [0.15, 0.2) is 23.8 Å². The number of aliphatic hydroxyl groups is 2. The SMILES string of the molecule is C/C1=C/C(=O)[C@@H](O)[C@@H](O)CCOc2cc(O)cc(O)c2C(=O)OC(C)C1. The lowest BCUT2D eigenvalue weighted by molar-refractivity contribution is -0.128. The van der Waals surface area contributed by atoms with Gasteiger partial charge in [-0.15, -0.1) is 0 Å². The van der Waals surface area contributed by atoms with Gasteiger partial charge in [0.15, 0.2) is 5.78 Å². The van der Waals surface area contributed by atoms with Gasteiger partial charge in [0.1, 0.15) is 35.0 Å². The number of aliphatic hydroxyl groups excluding tert-OH is 2. The second-order valence-electron chi connectivity index (χ2n) is 6.30. The monoisotopic (exact) mass is 366 g/mol. The van der Waals surface area contributed by atoms with Crippen LogP contribution in [-0.2, 0) is 9.53 Å². The number of ether oxygens (including phenoxy) is 2. The Balaban J connectivity index is 2.38. The highest BCUT2D eigenvalue weighted by atomic mass is 16.5. The minimum atomic E-state index is -1.61. The van der Waals surface area contributed by atoms with E-state index in [1.807, 2.05) is 0 Å². The van der Waals surface area contributed by atoms with E-state index in [0.29, 0.717) is 5.57 Å². The normalized spacial score (nSPS) is 27.4. The van der Waals surface area contributed by atoms with E-state index in [2.05, 4.69) is 0 Å². The lowest BCUT2D eigenvalue weighted by atomic mass is 10.0. The molecule has 26 heavy (non-hydrogen) atoms. The summed E-state index contributed by atoms with van der Waals surface area (Å²) in [5.41, 5.74) is 0.310. The van der Waals surface area contributed by atoms with E-state index in [1.165, 1.54) is 6.08 Å². The Labute approximate surface area is 150 Å². The van der Waals surface area contributed by atoms with Crippen molar-refractivity contribution in [1.82, 2.24) is 0 Å². The summed E-state index contributed by atoms with van der Waals surface area (Å²) in [7, 11) is 0. The lowest BCUT2D eigenvalue weighted by Crippen LogP contribution is -2.34. The molecule has 0 bridgehead atoms. The molecular weight excluding hydrogens is 344 g/mol. The van der Waals surface area contributed by atoms with Gasteiger partial charge in [0.05, 0.1) is 12.7 Å². The molecule has 0 amide bonds. The summed E-state index contributed by atoms with van der Waals surface area (Å²) in [6.07, 6.45) is -2.29. The molecule has 0 radical (unpaired) electrons. The Kier molecular flexibility index (Phi) is 6.23. The van der Waals surface area contributed by atoms with Gasteiger partial charge in [-0.2, -0.15) is 0 Å². The first-order valence-electron chi connectivity index (χ1n) is 8.16. The zero-order valence-electron chi connectivity index (χ0n) is 14.5. The van der Waals surface area contributed by atoms with Crippen LogP contribution in [-0.4, -0.2) is 57.1 Å². The van der Waals surface area contributed by atoms with Gasteiger partial charge in [-0.25, -0.2) is 4.79 Å². The van der Waals surface area contributed by atoms with Gasteiger partial charge >= 0.3 is 5.97 Å². The molecule has 0 saturated heterocycles. The average molecular weight is 366 g/mol.